The van der Waals surface area contributed by atoms with Gasteiger partial charge in [-0.3, -0.25) is 9.36 Å². The molecule has 3 heterocycles. The Morgan fingerprint density at radius 1 is 1.25 bits per heavy atom. The van der Waals surface area contributed by atoms with Crippen LogP contribution in [0.4, 0.5) is 5.69 Å². The fourth-order valence-electron chi connectivity index (χ4n) is 2.83. The van der Waals surface area contributed by atoms with Crippen LogP contribution in [0, 0.1) is 0 Å². The van der Waals surface area contributed by atoms with E-state index in [9.17, 15) is 4.79 Å². The van der Waals surface area contributed by atoms with Gasteiger partial charge in [-0.2, -0.15) is 0 Å². The van der Waals surface area contributed by atoms with Gasteiger partial charge in [-0.25, -0.2) is 0 Å². The van der Waals surface area contributed by atoms with Crippen molar-refractivity contribution in [2.75, 3.05) is 18.5 Å². The Kier molecular flexibility index (Phi) is 5.25. The first-order valence-corrected chi connectivity index (χ1v) is 9.88. The number of carbonyl (C=O) groups excluding carboxylic acids is 1. The highest BCUT2D eigenvalue weighted by atomic mass is 32.2. The fraction of sp³-hybridized carbons (Fsp3) is 0.316. The zero-order valence-corrected chi connectivity index (χ0v) is 16.4. The van der Waals surface area contributed by atoms with E-state index in [0.717, 1.165) is 0 Å². The van der Waals surface area contributed by atoms with Crippen molar-refractivity contribution in [3.63, 3.8) is 0 Å². The first-order valence-electron chi connectivity index (χ1n) is 9.00. The molecule has 0 radical (unpaired) electrons. The second kappa shape index (κ2) is 7.97. The zero-order chi connectivity index (χ0) is 19.5. The van der Waals surface area contributed by atoms with Gasteiger partial charge in [0.05, 0.1) is 11.5 Å². The van der Waals surface area contributed by atoms with E-state index >= 15 is 0 Å². The smallest absolute Gasteiger partial charge is 0.237 e. The van der Waals surface area contributed by atoms with E-state index in [4.69, 9.17) is 13.9 Å². The van der Waals surface area contributed by atoms with Crippen LogP contribution >= 0.6 is 11.8 Å². The predicted molar refractivity (Wildman–Crippen MR) is 105 cm³/mol. The number of rotatable bonds is 6. The number of furan rings is 1. The summed E-state index contributed by atoms with van der Waals surface area (Å²) in [7, 11) is 0. The summed E-state index contributed by atoms with van der Waals surface area (Å²) in [6, 6.07) is 9.01. The van der Waals surface area contributed by atoms with Gasteiger partial charge < -0.3 is 19.2 Å². The molecule has 1 amide bonds. The average Bonchev–Trinajstić information content (AvgIpc) is 3.37. The molecule has 3 aromatic rings. The average molecular weight is 400 g/mol. The van der Waals surface area contributed by atoms with E-state index in [1.807, 2.05) is 24.5 Å². The molecule has 0 fully saturated rings. The number of carbonyl (C=O) groups is 1. The van der Waals surface area contributed by atoms with Crippen LogP contribution in [0.2, 0.25) is 0 Å². The van der Waals surface area contributed by atoms with E-state index in [-0.39, 0.29) is 11.2 Å². The lowest BCUT2D eigenvalue weighted by Gasteiger charge is -2.19. The summed E-state index contributed by atoms with van der Waals surface area (Å²) in [5.41, 5.74) is 0.662. The summed E-state index contributed by atoms with van der Waals surface area (Å²) in [4.78, 5) is 12.6. The Labute approximate surface area is 166 Å². The van der Waals surface area contributed by atoms with Crippen molar-refractivity contribution in [1.29, 1.82) is 0 Å². The van der Waals surface area contributed by atoms with Crippen molar-refractivity contribution >= 4 is 23.4 Å². The molecule has 1 atom stereocenters. The van der Waals surface area contributed by atoms with Crippen molar-refractivity contribution in [2.24, 2.45) is 0 Å². The molecule has 8 nitrogen and oxygen atoms in total. The lowest BCUT2D eigenvalue weighted by molar-refractivity contribution is -0.115. The molecule has 2 aromatic heterocycles. The summed E-state index contributed by atoms with van der Waals surface area (Å²) in [5.74, 6) is 2.49. The highest BCUT2D eigenvalue weighted by Crippen LogP contribution is 2.33. The van der Waals surface area contributed by atoms with Gasteiger partial charge in [0, 0.05) is 18.3 Å². The standard InChI is InChI=1S/C19H20N4O4S/c1-3-23-17(15-5-4-8-25-15)21-22-19(23)28-12(2)18(24)20-13-6-7-14-16(11-13)27-10-9-26-14/h4-8,11-12H,3,9-10H2,1-2H3,(H,20,24). The lowest BCUT2D eigenvalue weighted by Crippen LogP contribution is -2.23. The third-order valence-corrected chi connectivity index (χ3v) is 5.32. The van der Waals surface area contributed by atoms with Gasteiger partial charge in [-0.05, 0) is 38.1 Å². The molecule has 1 N–H and O–H groups in total. The van der Waals surface area contributed by atoms with Crippen molar-refractivity contribution in [1.82, 2.24) is 14.8 Å². The van der Waals surface area contributed by atoms with Gasteiger partial charge in [-0.1, -0.05) is 11.8 Å². The summed E-state index contributed by atoms with van der Waals surface area (Å²) in [5, 5.41) is 11.6. The van der Waals surface area contributed by atoms with Gasteiger partial charge in [0.1, 0.15) is 13.2 Å². The molecule has 9 heteroatoms. The van der Waals surface area contributed by atoms with E-state index in [2.05, 4.69) is 15.5 Å². The van der Waals surface area contributed by atoms with Crippen LogP contribution < -0.4 is 14.8 Å². The quantitative estimate of drug-likeness (QED) is 0.634. The van der Waals surface area contributed by atoms with Gasteiger partial charge in [0.15, 0.2) is 28.2 Å². The number of anilines is 1. The van der Waals surface area contributed by atoms with Crippen LogP contribution in [0.25, 0.3) is 11.6 Å². The number of nitrogens with zero attached hydrogens (tertiary/aromatic N) is 3. The fourth-order valence-corrected chi connectivity index (χ4v) is 3.74. The third-order valence-electron chi connectivity index (χ3n) is 4.24. The first kappa shape index (κ1) is 18.4. The number of hydrogen-bond acceptors (Lipinski definition) is 7. The van der Waals surface area contributed by atoms with Crippen LogP contribution in [0.15, 0.2) is 46.2 Å². The van der Waals surface area contributed by atoms with Crippen LogP contribution in [0.3, 0.4) is 0 Å². The minimum atomic E-state index is -0.368. The minimum absolute atomic E-state index is 0.133. The van der Waals surface area contributed by atoms with E-state index in [0.29, 0.717) is 53.7 Å². The summed E-state index contributed by atoms with van der Waals surface area (Å²) in [6.45, 7) is 5.53. The Balaban J connectivity index is 1.45. The molecule has 0 saturated heterocycles. The lowest BCUT2D eigenvalue weighted by atomic mass is 10.2. The number of benzene rings is 1. The van der Waals surface area contributed by atoms with Crippen molar-refractivity contribution in [3.8, 4) is 23.1 Å². The Morgan fingerprint density at radius 2 is 2.07 bits per heavy atom. The van der Waals surface area contributed by atoms with Crippen molar-refractivity contribution in [2.45, 2.75) is 30.8 Å². The monoisotopic (exact) mass is 400 g/mol. The first-order chi connectivity index (χ1) is 13.7. The number of amides is 1. The molecule has 1 aromatic carbocycles. The molecule has 4 rings (SSSR count). The molecule has 1 unspecified atom stereocenters. The Morgan fingerprint density at radius 3 is 2.82 bits per heavy atom. The molecule has 0 saturated carbocycles. The summed E-state index contributed by atoms with van der Waals surface area (Å²) >= 11 is 1.35. The van der Waals surface area contributed by atoms with Crippen molar-refractivity contribution in [3.05, 3.63) is 36.6 Å². The maximum Gasteiger partial charge on any atom is 0.237 e. The van der Waals surface area contributed by atoms with Gasteiger partial charge >= 0.3 is 0 Å². The maximum absolute atomic E-state index is 12.6. The predicted octanol–water partition coefficient (Wildman–Crippen LogP) is 3.45. The number of hydrogen-bond donors (Lipinski definition) is 1. The Bertz CT molecular complexity index is 970. The van der Waals surface area contributed by atoms with Gasteiger partial charge in [0.2, 0.25) is 5.91 Å². The highest BCUT2D eigenvalue weighted by Gasteiger charge is 2.22. The normalized spacial score (nSPS) is 13.9. The minimum Gasteiger partial charge on any atom is -0.486 e. The molecule has 0 aliphatic carbocycles. The molecule has 1 aliphatic heterocycles. The number of fused-ring (bicyclic) bond motifs is 1. The van der Waals surface area contributed by atoms with Crippen LogP contribution in [0.5, 0.6) is 11.5 Å². The van der Waals surface area contributed by atoms with Crippen molar-refractivity contribution < 1.29 is 18.7 Å². The SMILES string of the molecule is CCn1c(SC(C)C(=O)Nc2ccc3c(c2)OCCO3)nnc1-c1ccco1. The van der Waals surface area contributed by atoms with Gasteiger partial charge in [0.25, 0.3) is 0 Å². The molecule has 0 bridgehead atoms. The second-order valence-electron chi connectivity index (χ2n) is 6.14. The second-order valence-corrected chi connectivity index (χ2v) is 7.44. The molecule has 1 aliphatic rings. The third kappa shape index (κ3) is 3.70. The molecular formula is C19H20N4O4S. The van der Waals surface area contributed by atoms with Crippen LogP contribution in [-0.2, 0) is 11.3 Å². The maximum atomic E-state index is 12.6. The summed E-state index contributed by atoms with van der Waals surface area (Å²) < 4.78 is 18.4. The summed E-state index contributed by atoms with van der Waals surface area (Å²) in [6.07, 6.45) is 1.60. The van der Waals surface area contributed by atoms with E-state index in [1.165, 1.54) is 11.8 Å². The highest BCUT2D eigenvalue weighted by molar-refractivity contribution is 8.00. The molecule has 0 spiro atoms. The molecular weight excluding hydrogens is 380 g/mol. The Hall–Kier alpha value is -2.94. The molecule has 146 valence electrons. The zero-order valence-electron chi connectivity index (χ0n) is 15.5. The number of ether oxygens (including phenoxy) is 2. The number of nitrogens with one attached hydrogen (secondary N) is 1. The molecule has 28 heavy (non-hydrogen) atoms. The van der Waals surface area contributed by atoms with E-state index in [1.54, 1.807) is 30.5 Å². The van der Waals surface area contributed by atoms with Gasteiger partial charge in [-0.15, -0.1) is 10.2 Å². The van der Waals surface area contributed by atoms with E-state index < -0.39 is 0 Å². The largest absolute Gasteiger partial charge is 0.486 e. The number of thioether (sulfide) groups is 1. The number of aromatic nitrogens is 3. The van der Waals surface area contributed by atoms with Crippen LogP contribution in [-0.4, -0.2) is 39.1 Å². The topological polar surface area (TPSA) is 91.4 Å². The van der Waals surface area contributed by atoms with Crippen LogP contribution in [0.1, 0.15) is 13.8 Å².